The minimum absolute atomic E-state index is 0.185. The van der Waals surface area contributed by atoms with Gasteiger partial charge in [-0.05, 0) is 31.0 Å². The topological polar surface area (TPSA) is 70.2 Å². The molecule has 0 aliphatic carbocycles. The molecule has 0 amide bonds. The van der Waals surface area contributed by atoms with E-state index >= 15 is 0 Å². The molecule has 1 heterocycles. The summed E-state index contributed by atoms with van der Waals surface area (Å²) < 4.78 is 5.83. The van der Waals surface area contributed by atoms with Gasteiger partial charge in [0, 0.05) is 5.56 Å². The van der Waals surface area contributed by atoms with Crippen molar-refractivity contribution in [1.82, 2.24) is 0 Å². The molecule has 0 saturated carbocycles. The zero-order valence-corrected chi connectivity index (χ0v) is 12.6. The Morgan fingerprint density at radius 1 is 1.14 bits per heavy atom. The van der Waals surface area contributed by atoms with Crippen molar-refractivity contribution in [2.75, 3.05) is 6.61 Å². The van der Waals surface area contributed by atoms with Gasteiger partial charge in [0.1, 0.15) is 18.3 Å². The van der Waals surface area contributed by atoms with E-state index in [0.717, 1.165) is 35.6 Å². The van der Waals surface area contributed by atoms with E-state index in [2.05, 4.69) is 12.2 Å². The van der Waals surface area contributed by atoms with Crippen molar-refractivity contribution < 1.29 is 19.9 Å². The van der Waals surface area contributed by atoms with E-state index in [1.54, 1.807) is 6.92 Å². The lowest BCUT2D eigenvalue weighted by Gasteiger charge is -2.08. The van der Waals surface area contributed by atoms with Crippen LogP contribution in [0.25, 0.3) is 11.3 Å². The molecule has 2 rings (SSSR count). The van der Waals surface area contributed by atoms with Crippen LogP contribution in [0.5, 0.6) is 0 Å². The van der Waals surface area contributed by atoms with Crippen LogP contribution < -0.4 is 5.32 Å². The molecular formula is C17H24NO3+. The molecule has 1 aromatic heterocycles. The molecule has 114 valence electrons. The number of nitrogens with two attached hydrogens (primary N) is 1. The van der Waals surface area contributed by atoms with Gasteiger partial charge in [0.05, 0.1) is 12.7 Å². The Morgan fingerprint density at radius 2 is 1.86 bits per heavy atom. The Bertz CT molecular complexity index is 541. The highest BCUT2D eigenvalue weighted by atomic mass is 16.3. The second-order valence-electron chi connectivity index (χ2n) is 5.35. The highest BCUT2D eigenvalue weighted by Crippen LogP contribution is 2.23. The van der Waals surface area contributed by atoms with Crippen molar-refractivity contribution in [1.29, 1.82) is 0 Å². The smallest absolute Gasteiger partial charge is 0.158 e. The van der Waals surface area contributed by atoms with Gasteiger partial charge in [-0.1, -0.05) is 31.2 Å². The largest absolute Gasteiger partial charge is 0.455 e. The number of hydrogen-bond acceptors (Lipinski definition) is 3. The summed E-state index contributed by atoms with van der Waals surface area (Å²) in [5, 5.41) is 20.8. The molecule has 0 spiro atoms. The summed E-state index contributed by atoms with van der Waals surface area (Å²) >= 11 is 0. The van der Waals surface area contributed by atoms with Crippen molar-refractivity contribution in [2.45, 2.75) is 39.0 Å². The molecule has 4 N–H and O–H groups in total. The number of aliphatic hydroxyl groups excluding tert-OH is 2. The quantitative estimate of drug-likeness (QED) is 0.728. The van der Waals surface area contributed by atoms with Crippen molar-refractivity contribution in [2.24, 2.45) is 0 Å². The van der Waals surface area contributed by atoms with Gasteiger partial charge < -0.3 is 19.9 Å². The van der Waals surface area contributed by atoms with Gasteiger partial charge in [-0.2, -0.15) is 0 Å². The minimum Gasteiger partial charge on any atom is -0.455 e. The number of hydrogen-bond donors (Lipinski definition) is 3. The van der Waals surface area contributed by atoms with Crippen LogP contribution in [0, 0.1) is 0 Å². The van der Waals surface area contributed by atoms with Crippen LogP contribution in [0.4, 0.5) is 0 Å². The van der Waals surface area contributed by atoms with Gasteiger partial charge in [-0.3, -0.25) is 0 Å². The number of aliphatic hydroxyl groups is 2. The predicted molar refractivity (Wildman–Crippen MR) is 81.6 cm³/mol. The van der Waals surface area contributed by atoms with Crippen LogP contribution in [0.3, 0.4) is 0 Å². The van der Waals surface area contributed by atoms with Gasteiger partial charge in [0.2, 0.25) is 0 Å². The molecule has 2 aromatic rings. The average molecular weight is 290 g/mol. The maximum absolute atomic E-state index is 9.51. The first-order valence-corrected chi connectivity index (χ1v) is 7.45. The van der Waals surface area contributed by atoms with Crippen molar-refractivity contribution >= 4 is 0 Å². The molecule has 4 heteroatoms. The van der Waals surface area contributed by atoms with E-state index in [1.807, 2.05) is 36.4 Å². The lowest BCUT2D eigenvalue weighted by Crippen LogP contribution is -2.89. The van der Waals surface area contributed by atoms with Crippen molar-refractivity contribution in [3.05, 3.63) is 47.7 Å². The van der Waals surface area contributed by atoms with E-state index in [9.17, 15) is 10.2 Å². The Labute approximate surface area is 125 Å². The van der Waals surface area contributed by atoms with Gasteiger partial charge in [0.15, 0.2) is 5.76 Å². The zero-order chi connectivity index (χ0) is 15.2. The Morgan fingerprint density at radius 3 is 2.43 bits per heavy atom. The summed E-state index contributed by atoms with van der Waals surface area (Å²) in [6.07, 6.45) is 0.482. The SMILES string of the molecule is CC[C@H](CO)[NH2+]Cc1ccc(-c2ccc([C@@H](C)O)cc2)o1. The molecular weight excluding hydrogens is 266 g/mol. The fourth-order valence-corrected chi connectivity index (χ4v) is 2.22. The maximum atomic E-state index is 9.51. The molecule has 21 heavy (non-hydrogen) atoms. The molecule has 2 atom stereocenters. The predicted octanol–water partition coefficient (Wildman–Crippen LogP) is 1.83. The van der Waals surface area contributed by atoms with Crippen molar-refractivity contribution in [3.63, 3.8) is 0 Å². The lowest BCUT2D eigenvalue weighted by molar-refractivity contribution is -0.707. The van der Waals surface area contributed by atoms with Gasteiger partial charge in [-0.25, -0.2) is 0 Å². The highest BCUT2D eigenvalue weighted by molar-refractivity contribution is 5.58. The summed E-state index contributed by atoms with van der Waals surface area (Å²) in [7, 11) is 0. The van der Waals surface area contributed by atoms with Crippen molar-refractivity contribution in [3.8, 4) is 11.3 Å². The van der Waals surface area contributed by atoms with Crippen LogP contribution in [0.15, 0.2) is 40.8 Å². The van der Waals surface area contributed by atoms with E-state index < -0.39 is 6.10 Å². The summed E-state index contributed by atoms with van der Waals surface area (Å²) in [4.78, 5) is 0. The standard InChI is InChI=1S/C17H23NO3/c1-3-15(11-19)18-10-16-8-9-17(21-16)14-6-4-13(5-7-14)12(2)20/h4-9,12,15,18-20H,3,10-11H2,1-2H3/p+1/t12-,15-/m1/s1. The maximum Gasteiger partial charge on any atom is 0.158 e. The molecule has 0 fully saturated rings. The zero-order valence-electron chi connectivity index (χ0n) is 12.6. The summed E-state index contributed by atoms with van der Waals surface area (Å²) in [5.74, 6) is 1.73. The third kappa shape index (κ3) is 4.17. The molecule has 0 aliphatic rings. The van der Waals surface area contributed by atoms with Crippen LogP contribution in [0.2, 0.25) is 0 Å². The number of benzene rings is 1. The fourth-order valence-electron chi connectivity index (χ4n) is 2.22. The second-order valence-corrected chi connectivity index (χ2v) is 5.35. The van der Waals surface area contributed by atoms with E-state index in [4.69, 9.17) is 4.42 Å². The minimum atomic E-state index is -0.453. The van der Waals surface area contributed by atoms with Gasteiger partial charge in [0.25, 0.3) is 0 Å². The molecule has 0 radical (unpaired) electrons. The Hall–Kier alpha value is -1.62. The summed E-state index contributed by atoms with van der Waals surface area (Å²) in [6.45, 7) is 4.73. The van der Waals surface area contributed by atoms with Crippen LogP contribution in [0.1, 0.15) is 37.7 Å². The second kappa shape index (κ2) is 7.41. The third-order valence-corrected chi connectivity index (χ3v) is 3.75. The molecule has 0 bridgehead atoms. The average Bonchev–Trinajstić information content (AvgIpc) is 2.97. The normalized spacial score (nSPS) is 14.1. The monoisotopic (exact) mass is 290 g/mol. The fraction of sp³-hybridized carbons (Fsp3) is 0.412. The van der Waals surface area contributed by atoms with Gasteiger partial charge >= 0.3 is 0 Å². The Kier molecular flexibility index (Phi) is 5.56. The number of furan rings is 1. The van der Waals surface area contributed by atoms with E-state index in [0.29, 0.717) is 0 Å². The first kappa shape index (κ1) is 15.8. The van der Waals surface area contributed by atoms with Gasteiger partial charge in [-0.15, -0.1) is 0 Å². The highest BCUT2D eigenvalue weighted by Gasteiger charge is 2.11. The first-order valence-electron chi connectivity index (χ1n) is 7.45. The molecule has 0 aliphatic heterocycles. The third-order valence-electron chi connectivity index (χ3n) is 3.75. The van der Waals surface area contributed by atoms with Crippen LogP contribution >= 0.6 is 0 Å². The van der Waals surface area contributed by atoms with Crippen LogP contribution in [-0.4, -0.2) is 22.9 Å². The first-order chi connectivity index (χ1) is 10.1. The molecule has 4 nitrogen and oxygen atoms in total. The number of rotatable bonds is 7. The van der Waals surface area contributed by atoms with Crippen LogP contribution in [-0.2, 0) is 6.54 Å². The Balaban J connectivity index is 2.02. The van der Waals surface area contributed by atoms with E-state index in [-0.39, 0.29) is 12.6 Å². The molecule has 0 saturated heterocycles. The summed E-state index contributed by atoms with van der Waals surface area (Å²) in [6, 6.07) is 11.9. The number of quaternary nitrogens is 1. The molecule has 0 unspecified atom stereocenters. The lowest BCUT2D eigenvalue weighted by atomic mass is 10.1. The molecule has 1 aromatic carbocycles. The summed E-state index contributed by atoms with van der Waals surface area (Å²) in [5.41, 5.74) is 1.90. The van der Waals surface area contributed by atoms with E-state index in [1.165, 1.54) is 0 Å².